The van der Waals surface area contributed by atoms with Crippen molar-refractivity contribution < 1.29 is 42.8 Å². The van der Waals surface area contributed by atoms with Gasteiger partial charge in [-0.1, -0.05) is 24.3 Å². The Hall–Kier alpha value is -2.73. The molecule has 1 aromatic rings. The molecule has 0 bridgehead atoms. The van der Waals surface area contributed by atoms with Crippen LogP contribution in [0.1, 0.15) is 72.4 Å². The molecule has 0 heterocycles. The summed E-state index contributed by atoms with van der Waals surface area (Å²) in [5.41, 5.74) is 6.25. The van der Waals surface area contributed by atoms with Crippen LogP contribution in [0.15, 0.2) is 24.3 Å². The van der Waals surface area contributed by atoms with Gasteiger partial charge in [0.2, 0.25) is 5.91 Å². The van der Waals surface area contributed by atoms with Crippen LogP contribution in [0.5, 0.6) is 0 Å². The lowest BCUT2D eigenvalue weighted by Gasteiger charge is -2.27. The Kier molecular flexibility index (Phi) is 16.5. The van der Waals surface area contributed by atoms with Crippen LogP contribution >= 0.6 is 0 Å². The van der Waals surface area contributed by atoms with E-state index in [1.165, 1.54) is 0 Å². The number of nitrogens with one attached hydrogen (secondary N) is 1. The predicted octanol–water partition coefficient (Wildman–Crippen LogP) is 3.68. The first-order valence-corrected chi connectivity index (χ1v) is 14.1. The third-order valence-corrected chi connectivity index (χ3v) is 5.43. The van der Waals surface area contributed by atoms with Crippen molar-refractivity contribution in [1.29, 1.82) is 0 Å². The van der Waals surface area contributed by atoms with Gasteiger partial charge < -0.3 is 39.5 Å². The molecule has 234 valence electrons. The second kappa shape index (κ2) is 18.7. The van der Waals surface area contributed by atoms with E-state index in [9.17, 15) is 14.4 Å². The van der Waals surface area contributed by atoms with Crippen molar-refractivity contribution in [3.63, 3.8) is 0 Å². The molecule has 0 aliphatic heterocycles. The average Bonchev–Trinajstić information content (AvgIpc) is 2.84. The fourth-order valence-corrected chi connectivity index (χ4v) is 3.48. The van der Waals surface area contributed by atoms with E-state index < -0.39 is 35.2 Å². The maximum Gasteiger partial charge on any atom is 0.407 e. The largest absolute Gasteiger partial charge is 0.458 e. The molecule has 41 heavy (non-hydrogen) atoms. The first kappa shape index (κ1) is 36.3. The molecule has 0 radical (unpaired) electrons. The van der Waals surface area contributed by atoms with Gasteiger partial charge in [-0.05, 0) is 72.4 Å². The normalized spacial score (nSPS) is 13.3. The quantitative estimate of drug-likeness (QED) is 0.184. The number of carbonyl (C=O) groups is 3. The number of alkyl carbamates (subject to hydrolysis) is 1. The van der Waals surface area contributed by atoms with Gasteiger partial charge in [0.05, 0.1) is 51.8 Å². The molecule has 0 fully saturated rings. The van der Waals surface area contributed by atoms with E-state index in [1.54, 1.807) is 20.8 Å². The third kappa shape index (κ3) is 19.9. The summed E-state index contributed by atoms with van der Waals surface area (Å²) in [5, 5.41) is 2.80. The van der Waals surface area contributed by atoms with Crippen LogP contribution in [0.4, 0.5) is 4.79 Å². The van der Waals surface area contributed by atoms with Crippen LogP contribution in [0, 0.1) is 0 Å². The average molecular weight is 583 g/mol. The molecule has 0 aromatic heterocycles. The van der Waals surface area contributed by atoms with Crippen LogP contribution in [-0.2, 0) is 51.0 Å². The van der Waals surface area contributed by atoms with Gasteiger partial charge in [-0.25, -0.2) is 9.59 Å². The van der Waals surface area contributed by atoms with E-state index in [0.29, 0.717) is 46.1 Å². The van der Waals surface area contributed by atoms with Crippen LogP contribution in [-0.4, -0.2) is 81.0 Å². The lowest BCUT2D eigenvalue weighted by molar-refractivity contribution is -0.160. The number of amides is 2. The van der Waals surface area contributed by atoms with Gasteiger partial charge in [-0.15, -0.1) is 0 Å². The van der Waals surface area contributed by atoms with Crippen LogP contribution in [0.3, 0.4) is 0 Å². The molecule has 2 amide bonds. The smallest absolute Gasteiger partial charge is 0.407 e. The number of hydrogen-bond donors (Lipinski definition) is 2. The first-order valence-electron chi connectivity index (χ1n) is 14.1. The number of hydrogen-bond acceptors (Lipinski definition) is 9. The maximum absolute atomic E-state index is 12.2. The Morgan fingerprint density at radius 2 is 1.34 bits per heavy atom. The molecule has 0 aliphatic rings. The topological polar surface area (TPSA) is 145 Å². The second-order valence-electron chi connectivity index (χ2n) is 11.7. The van der Waals surface area contributed by atoms with E-state index in [1.807, 2.05) is 52.0 Å². The van der Waals surface area contributed by atoms with Gasteiger partial charge in [0.25, 0.3) is 0 Å². The molecule has 0 saturated carbocycles. The summed E-state index contributed by atoms with van der Waals surface area (Å²) >= 11 is 0. The van der Waals surface area contributed by atoms with Crippen molar-refractivity contribution in [3.05, 3.63) is 35.4 Å². The van der Waals surface area contributed by atoms with Crippen LogP contribution in [0.2, 0.25) is 0 Å². The summed E-state index contributed by atoms with van der Waals surface area (Å²) < 4.78 is 32.8. The highest BCUT2D eigenvalue weighted by atomic mass is 16.6. The van der Waals surface area contributed by atoms with Crippen molar-refractivity contribution in [1.82, 2.24) is 5.32 Å². The number of benzene rings is 1. The minimum Gasteiger partial charge on any atom is -0.458 e. The summed E-state index contributed by atoms with van der Waals surface area (Å²) in [4.78, 5) is 35.1. The van der Waals surface area contributed by atoms with Crippen molar-refractivity contribution in [2.45, 2.75) is 97.7 Å². The van der Waals surface area contributed by atoms with Gasteiger partial charge in [0.1, 0.15) is 17.8 Å². The Labute approximate surface area is 244 Å². The zero-order valence-corrected chi connectivity index (χ0v) is 25.8. The van der Waals surface area contributed by atoms with Gasteiger partial charge >= 0.3 is 12.1 Å². The van der Waals surface area contributed by atoms with Crippen molar-refractivity contribution in [2.24, 2.45) is 5.73 Å². The first-order chi connectivity index (χ1) is 19.1. The second-order valence-corrected chi connectivity index (χ2v) is 11.7. The SMILES string of the molecule is CC(OCc1ccc(CCOCCOCCOCC(=O)OC(C)(C)C)cc1)C(CCC(N)=O)NC(=O)OC(C)(C)C. The standard InChI is InChI=1S/C30H50N2O9/c1-22(25(12-13-26(31)33)32-28(35)41-30(5,6)7)39-20-24-10-8-23(9-11-24)14-15-36-16-17-37-18-19-38-21-27(34)40-29(2,3)4/h8-11,22,25H,12-21H2,1-7H3,(H2,31,33)(H,32,35). The highest BCUT2D eigenvalue weighted by molar-refractivity contribution is 5.74. The predicted molar refractivity (Wildman–Crippen MR) is 154 cm³/mol. The molecule has 0 aliphatic carbocycles. The van der Waals surface area contributed by atoms with Gasteiger partial charge in [0.15, 0.2) is 0 Å². The van der Waals surface area contributed by atoms with E-state index >= 15 is 0 Å². The van der Waals surface area contributed by atoms with E-state index in [-0.39, 0.29) is 19.1 Å². The lowest BCUT2D eigenvalue weighted by atomic mass is 10.1. The zero-order chi connectivity index (χ0) is 30.9. The van der Waals surface area contributed by atoms with Crippen LogP contribution in [0.25, 0.3) is 0 Å². The minimum absolute atomic E-state index is 0.0934. The highest BCUT2D eigenvalue weighted by Crippen LogP contribution is 2.14. The van der Waals surface area contributed by atoms with Gasteiger partial charge in [0, 0.05) is 6.42 Å². The fourth-order valence-electron chi connectivity index (χ4n) is 3.48. The summed E-state index contributed by atoms with van der Waals surface area (Å²) in [6.07, 6.45) is 0.299. The zero-order valence-electron chi connectivity index (χ0n) is 25.8. The molecule has 1 aromatic carbocycles. The van der Waals surface area contributed by atoms with Gasteiger partial charge in [-0.3, -0.25) is 4.79 Å². The molecule has 11 heteroatoms. The molecule has 11 nitrogen and oxygen atoms in total. The Balaban J connectivity index is 2.27. The Morgan fingerprint density at radius 1 is 0.805 bits per heavy atom. The number of carbonyl (C=O) groups excluding carboxylic acids is 3. The van der Waals surface area contributed by atoms with Crippen molar-refractivity contribution in [3.8, 4) is 0 Å². The minimum atomic E-state index is -0.635. The van der Waals surface area contributed by atoms with Crippen molar-refractivity contribution >= 4 is 18.0 Å². The van der Waals surface area contributed by atoms with Crippen molar-refractivity contribution in [2.75, 3.05) is 39.6 Å². The summed E-state index contributed by atoms with van der Waals surface area (Å²) in [6, 6.07) is 7.59. The molecule has 1 rings (SSSR count). The van der Waals surface area contributed by atoms with E-state index in [4.69, 9.17) is 34.2 Å². The number of rotatable bonds is 19. The summed E-state index contributed by atoms with van der Waals surface area (Å²) in [7, 11) is 0. The molecule has 0 spiro atoms. The fraction of sp³-hybridized carbons (Fsp3) is 0.700. The number of esters is 1. The molecular formula is C30H50N2O9. The molecule has 0 saturated heterocycles. The third-order valence-electron chi connectivity index (χ3n) is 5.43. The van der Waals surface area contributed by atoms with Gasteiger partial charge in [-0.2, -0.15) is 0 Å². The summed E-state index contributed by atoms with van der Waals surface area (Å²) in [5.74, 6) is -0.837. The van der Waals surface area contributed by atoms with E-state index in [2.05, 4.69) is 5.32 Å². The van der Waals surface area contributed by atoms with Crippen LogP contribution < -0.4 is 11.1 Å². The number of ether oxygens (including phenoxy) is 6. The number of primary amides is 1. The lowest BCUT2D eigenvalue weighted by Crippen LogP contribution is -2.45. The summed E-state index contributed by atoms with van der Waals surface area (Å²) in [6.45, 7) is 15.0. The molecule has 2 atom stereocenters. The molecule has 2 unspecified atom stereocenters. The van der Waals surface area contributed by atoms with E-state index in [0.717, 1.165) is 17.5 Å². The Bertz CT molecular complexity index is 908. The number of nitrogens with two attached hydrogens (primary N) is 1. The highest BCUT2D eigenvalue weighted by Gasteiger charge is 2.24. The molecule has 3 N–H and O–H groups in total. The molecular weight excluding hydrogens is 532 g/mol. The Morgan fingerprint density at radius 3 is 1.90 bits per heavy atom. The maximum atomic E-state index is 12.2. The monoisotopic (exact) mass is 582 g/mol.